The quantitative estimate of drug-likeness (QED) is 0.265. The van der Waals surface area contributed by atoms with Gasteiger partial charge in [-0.25, -0.2) is 0 Å². The molecule has 3 aromatic carbocycles. The highest BCUT2D eigenvalue weighted by Gasteiger charge is 2.31. The topological polar surface area (TPSA) is 80.2 Å². The predicted octanol–water partition coefficient (Wildman–Crippen LogP) is 7.63. The fourth-order valence-electron chi connectivity index (χ4n) is 4.53. The third-order valence-electron chi connectivity index (χ3n) is 6.60. The molecule has 6 nitrogen and oxygen atoms in total. The average molecular weight is 527 g/mol. The second-order valence-electron chi connectivity index (χ2n) is 11.7. The predicted molar refractivity (Wildman–Crippen MR) is 154 cm³/mol. The van der Waals surface area contributed by atoms with Crippen LogP contribution in [-0.4, -0.2) is 20.3 Å². The van der Waals surface area contributed by atoms with E-state index in [0.29, 0.717) is 22.5 Å². The maximum atomic E-state index is 11.2. The number of hydrogen-bond acceptors (Lipinski definition) is 7. The van der Waals surface area contributed by atoms with E-state index in [2.05, 4.69) is 69.2 Å². The summed E-state index contributed by atoms with van der Waals surface area (Å²) in [6, 6.07) is 22.3. The van der Waals surface area contributed by atoms with Crippen LogP contribution in [0.4, 0.5) is 5.69 Å². The molecule has 0 saturated carbocycles. The monoisotopic (exact) mass is 526 g/mol. The van der Waals surface area contributed by atoms with Crippen molar-refractivity contribution in [2.24, 2.45) is 0 Å². The number of nitrogens with zero attached hydrogens (tertiary/aromatic N) is 3. The number of phenols is 1. The smallest absolute Gasteiger partial charge is 0.247 e. The number of para-hydroxylation sites is 1. The molecule has 7 heteroatoms. The van der Waals surface area contributed by atoms with Crippen molar-refractivity contribution in [3.8, 4) is 22.9 Å². The van der Waals surface area contributed by atoms with E-state index in [4.69, 9.17) is 9.72 Å². The molecule has 0 aliphatic carbocycles. The Bertz CT molecular complexity index is 1420. The molecule has 0 radical (unpaired) electrons. The first-order valence-electron chi connectivity index (χ1n) is 12.8. The minimum absolute atomic E-state index is 0.258. The first kappa shape index (κ1) is 26.0. The van der Waals surface area contributed by atoms with E-state index in [1.807, 2.05) is 54.6 Å². The van der Waals surface area contributed by atoms with Crippen LogP contribution in [0.5, 0.6) is 11.6 Å². The highest BCUT2D eigenvalue weighted by atomic mass is 32.2. The van der Waals surface area contributed by atoms with Crippen LogP contribution in [0.15, 0.2) is 71.9 Å². The van der Waals surface area contributed by atoms with Crippen molar-refractivity contribution in [1.29, 1.82) is 0 Å². The van der Waals surface area contributed by atoms with E-state index in [0.717, 1.165) is 33.7 Å². The Morgan fingerprint density at radius 1 is 0.868 bits per heavy atom. The Balaban J connectivity index is 1.58. The number of anilines is 1. The number of phenolic OH excluding ortho intramolecular Hbond substituents is 1. The summed E-state index contributed by atoms with van der Waals surface area (Å²) in [7, 11) is 0. The zero-order chi connectivity index (χ0) is 27.1. The highest BCUT2D eigenvalue weighted by molar-refractivity contribution is 7.98. The number of fused-ring (bicyclic) bond motifs is 3. The molecule has 5 rings (SSSR count). The molecule has 2 heterocycles. The Labute approximate surface area is 228 Å². The van der Waals surface area contributed by atoms with Gasteiger partial charge in [0, 0.05) is 33.7 Å². The molecular weight excluding hydrogens is 492 g/mol. The van der Waals surface area contributed by atoms with Crippen LogP contribution in [0.1, 0.15) is 70.0 Å². The maximum absolute atomic E-state index is 11.2. The lowest BCUT2D eigenvalue weighted by Crippen LogP contribution is -2.22. The minimum atomic E-state index is -0.538. The summed E-state index contributed by atoms with van der Waals surface area (Å²) >= 11 is 1.53. The van der Waals surface area contributed by atoms with Gasteiger partial charge in [0.05, 0.1) is 0 Å². The van der Waals surface area contributed by atoms with Crippen LogP contribution in [0.2, 0.25) is 0 Å². The molecule has 0 fully saturated rings. The molecule has 0 saturated heterocycles. The summed E-state index contributed by atoms with van der Waals surface area (Å²) in [4.78, 5) is 4.80. The molecule has 1 aliphatic rings. The van der Waals surface area contributed by atoms with Gasteiger partial charge < -0.3 is 15.2 Å². The number of aromatic hydroxyl groups is 1. The van der Waals surface area contributed by atoms with Gasteiger partial charge >= 0.3 is 0 Å². The van der Waals surface area contributed by atoms with Crippen LogP contribution in [0, 0.1) is 0 Å². The molecule has 0 amide bonds. The Morgan fingerprint density at radius 3 is 2.16 bits per heavy atom. The summed E-state index contributed by atoms with van der Waals surface area (Å²) in [6.45, 7) is 12.7. The molecule has 4 aromatic rings. The third-order valence-corrected chi connectivity index (χ3v) is 7.50. The number of nitrogens with one attached hydrogen (secondary N) is 1. The van der Waals surface area contributed by atoms with E-state index in [-0.39, 0.29) is 10.8 Å². The minimum Gasteiger partial charge on any atom is -0.507 e. The number of thioether (sulfide) groups is 1. The lowest BCUT2D eigenvalue weighted by atomic mass is 9.78. The molecule has 1 atom stereocenters. The van der Waals surface area contributed by atoms with Crippen LogP contribution < -0.4 is 10.1 Å². The van der Waals surface area contributed by atoms with Crippen LogP contribution in [0.25, 0.3) is 11.3 Å². The number of rotatable bonds is 4. The molecule has 1 aliphatic heterocycles. The van der Waals surface area contributed by atoms with Crippen molar-refractivity contribution in [2.45, 2.75) is 69.5 Å². The Kier molecular flexibility index (Phi) is 6.82. The van der Waals surface area contributed by atoms with E-state index in [1.165, 1.54) is 17.3 Å². The van der Waals surface area contributed by atoms with Crippen molar-refractivity contribution in [3.63, 3.8) is 0 Å². The van der Waals surface area contributed by atoms with Crippen LogP contribution in [0.3, 0.4) is 0 Å². The Hall–Kier alpha value is -3.58. The third kappa shape index (κ3) is 5.34. The van der Waals surface area contributed by atoms with Crippen LogP contribution in [-0.2, 0) is 16.6 Å². The first-order valence-corrected chi connectivity index (χ1v) is 13.8. The standard InChI is InChI=1S/C31H34N4O2S/c1-30(2,3)22-16-20(17-23(26(22)36)31(4,5)6)27-32-24-15-11-10-14-21(24)25-28(37-27)33-29(35-34-25)38-18-19-12-8-7-9-13-19/h7-17,27,32,36H,18H2,1-6H3/t27-/m1/s1. The second-order valence-corrected chi connectivity index (χ2v) is 12.6. The van der Waals surface area contributed by atoms with Crippen molar-refractivity contribution in [3.05, 3.63) is 89.0 Å². The average Bonchev–Trinajstić information content (AvgIpc) is 3.03. The number of ether oxygens (including phenoxy) is 1. The lowest BCUT2D eigenvalue weighted by molar-refractivity contribution is 0.224. The van der Waals surface area contributed by atoms with Gasteiger partial charge in [0.2, 0.25) is 11.0 Å². The molecule has 1 aromatic heterocycles. The largest absolute Gasteiger partial charge is 0.507 e. The zero-order valence-electron chi connectivity index (χ0n) is 22.7. The van der Waals surface area contributed by atoms with Crippen molar-refractivity contribution < 1.29 is 9.84 Å². The number of benzene rings is 3. The SMILES string of the molecule is CC(C)(C)c1cc([C@@H]2Nc3ccccc3-c3nnc(SCc4ccccc4)nc3O2)cc(C(C)(C)C)c1O. The molecule has 0 bridgehead atoms. The molecule has 2 N–H and O–H groups in total. The van der Waals surface area contributed by atoms with Gasteiger partial charge in [-0.15, -0.1) is 10.2 Å². The fraction of sp³-hybridized carbons (Fsp3) is 0.323. The second kappa shape index (κ2) is 9.95. The van der Waals surface area contributed by atoms with Gasteiger partial charge in [0.25, 0.3) is 0 Å². The van der Waals surface area contributed by atoms with Gasteiger partial charge in [-0.3, -0.25) is 0 Å². The molecule has 38 heavy (non-hydrogen) atoms. The molecule has 0 unspecified atom stereocenters. The number of hydrogen-bond donors (Lipinski definition) is 2. The van der Waals surface area contributed by atoms with E-state index < -0.39 is 6.23 Å². The van der Waals surface area contributed by atoms with E-state index in [9.17, 15) is 5.11 Å². The summed E-state index contributed by atoms with van der Waals surface area (Å²) in [5.41, 5.74) is 5.72. The van der Waals surface area contributed by atoms with Crippen molar-refractivity contribution in [2.75, 3.05) is 5.32 Å². The first-order chi connectivity index (χ1) is 18.0. The summed E-state index contributed by atoms with van der Waals surface area (Å²) < 4.78 is 6.57. The van der Waals surface area contributed by atoms with Gasteiger partial charge in [0.15, 0.2) is 11.9 Å². The molecule has 196 valence electrons. The summed E-state index contributed by atoms with van der Waals surface area (Å²) in [5.74, 6) is 1.51. The fourth-order valence-corrected chi connectivity index (χ4v) is 5.27. The maximum Gasteiger partial charge on any atom is 0.247 e. The van der Waals surface area contributed by atoms with Gasteiger partial charge in [0.1, 0.15) is 5.75 Å². The normalized spacial score (nSPS) is 15.1. The Morgan fingerprint density at radius 2 is 1.50 bits per heavy atom. The van der Waals surface area contributed by atoms with Gasteiger partial charge in [-0.2, -0.15) is 4.98 Å². The van der Waals surface area contributed by atoms with E-state index >= 15 is 0 Å². The van der Waals surface area contributed by atoms with E-state index in [1.54, 1.807) is 0 Å². The van der Waals surface area contributed by atoms with Crippen LogP contribution >= 0.6 is 11.8 Å². The molecular formula is C31H34N4O2S. The van der Waals surface area contributed by atoms with Crippen molar-refractivity contribution in [1.82, 2.24) is 15.2 Å². The number of aromatic nitrogens is 3. The summed E-state index contributed by atoms with van der Waals surface area (Å²) in [5, 5.41) is 24.3. The summed E-state index contributed by atoms with van der Waals surface area (Å²) in [6.07, 6.45) is -0.538. The van der Waals surface area contributed by atoms with Crippen molar-refractivity contribution >= 4 is 17.4 Å². The zero-order valence-corrected chi connectivity index (χ0v) is 23.6. The highest BCUT2D eigenvalue weighted by Crippen LogP contribution is 2.44. The van der Waals surface area contributed by atoms with Gasteiger partial charge in [-0.1, -0.05) is 102 Å². The van der Waals surface area contributed by atoms with Gasteiger partial charge in [-0.05, 0) is 34.6 Å². The molecule has 0 spiro atoms. The lowest BCUT2D eigenvalue weighted by Gasteiger charge is -2.30.